The van der Waals surface area contributed by atoms with Gasteiger partial charge in [0.15, 0.2) is 6.29 Å². The second-order valence-electron chi connectivity index (χ2n) is 2.22. The van der Waals surface area contributed by atoms with Gasteiger partial charge in [-0.2, -0.15) is 5.26 Å². The highest BCUT2D eigenvalue weighted by atomic mass is 16.1. The molecular weight excluding hydrogens is 164 g/mol. The maximum Gasteiger partial charge on any atom is 0.168 e. The van der Waals surface area contributed by atoms with Crippen molar-refractivity contribution in [2.24, 2.45) is 4.99 Å². The standard InChI is InChI=1S/C10H10N2O/c1-9(7-11)5-3-4-6-10(8-13)12-2/h3-4,6,8H,1-2,5H2/b4-3-,10-6-. The van der Waals surface area contributed by atoms with Gasteiger partial charge >= 0.3 is 0 Å². The average Bonchev–Trinajstić information content (AvgIpc) is 2.18. The zero-order valence-corrected chi connectivity index (χ0v) is 7.23. The minimum Gasteiger partial charge on any atom is -0.296 e. The highest BCUT2D eigenvalue weighted by Gasteiger charge is 1.85. The van der Waals surface area contributed by atoms with Crippen LogP contribution in [-0.2, 0) is 4.79 Å². The van der Waals surface area contributed by atoms with Crippen LogP contribution in [0.25, 0.3) is 0 Å². The first-order valence-corrected chi connectivity index (χ1v) is 3.61. The van der Waals surface area contributed by atoms with Crippen LogP contribution in [-0.4, -0.2) is 13.0 Å². The van der Waals surface area contributed by atoms with E-state index in [1.807, 2.05) is 6.07 Å². The lowest BCUT2D eigenvalue weighted by atomic mass is 10.2. The molecule has 0 amide bonds. The normalized spacial score (nSPS) is 10.8. The monoisotopic (exact) mass is 174 g/mol. The van der Waals surface area contributed by atoms with Gasteiger partial charge in [-0.05, 0) is 12.8 Å². The number of carbonyl (C=O) groups is 1. The van der Waals surface area contributed by atoms with Gasteiger partial charge in [0.2, 0.25) is 0 Å². The predicted octanol–water partition coefficient (Wildman–Crippen LogP) is 1.80. The van der Waals surface area contributed by atoms with Gasteiger partial charge in [-0.1, -0.05) is 18.7 Å². The lowest BCUT2D eigenvalue weighted by molar-refractivity contribution is -0.104. The number of carbonyl (C=O) groups excluding carboxylic acids is 1. The fourth-order valence-electron chi connectivity index (χ4n) is 0.552. The maximum atomic E-state index is 10.2. The van der Waals surface area contributed by atoms with Crippen molar-refractivity contribution < 1.29 is 4.79 Å². The van der Waals surface area contributed by atoms with Gasteiger partial charge in [0, 0.05) is 12.0 Å². The van der Waals surface area contributed by atoms with Crippen LogP contribution in [0.4, 0.5) is 0 Å². The summed E-state index contributed by atoms with van der Waals surface area (Å²) in [6, 6.07) is 1.91. The van der Waals surface area contributed by atoms with Gasteiger partial charge < -0.3 is 0 Å². The number of nitrogens with zero attached hydrogens (tertiary/aromatic N) is 2. The number of hydrogen-bond acceptors (Lipinski definition) is 3. The molecule has 0 unspecified atom stereocenters. The number of nitriles is 1. The van der Waals surface area contributed by atoms with Crippen molar-refractivity contribution in [3.05, 3.63) is 36.1 Å². The molecule has 0 rings (SSSR count). The second-order valence-corrected chi connectivity index (χ2v) is 2.22. The molecule has 0 aliphatic carbocycles. The van der Waals surface area contributed by atoms with Crippen molar-refractivity contribution in [1.29, 1.82) is 5.26 Å². The minimum atomic E-state index is 0.263. The Bertz CT molecular complexity index is 295. The van der Waals surface area contributed by atoms with E-state index in [9.17, 15) is 4.79 Å². The molecule has 0 heterocycles. The molecule has 0 aliphatic rings. The highest BCUT2D eigenvalue weighted by molar-refractivity contribution is 5.74. The Morgan fingerprint density at radius 3 is 2.77 bits per heavy atom. The third-order valence-electron chi connectivity index (χ3n) is 1.23. The summed E-state index contributed by atoms with van der Waals surface area (Å²) in [6.07, 6.45) is 5.97. The Morgan fingerprint density at radius 2 is 2.31 bits per heavy atom. The van der Waals surface area contributed by atoms with Gasteiger partial charge in [-0.25, -0.2) is 0 Å². The highest BCUT2D eigenvalue weighted by Crippen LogP contribution is 1.97. The number of rotatable bonds is 5. The third-order valence-corrected chi connectivity index (χ3v) is 1.23. The largest absolute Gasteiger partial charge is 0.296 e. The lowest BCUT2D eigenvalue weighted by Crippen LogP contribution is -1.76. The van der Waals surface area contributed by atoms with E-state index in [2.05, 4.69) is 18.3 Å². The summed E-state index contributed by atoms with van der Waals surface area (Å²) in [7, 11) is 0. The van der Waals surface area contributed by atoms with Crippen LogP contribution in [0.15, 0.2) is 41.1 Å². The fourth-order valence-corrected chi connectivity index (χ4v) is 0.552. The quantitative estimate of drug-likeness (QED) is 0.210. The average molecular weight is 174 g/mol. The first-order valence-electron chi connectivity index (χ1n) is 3.61. The first-order chi connectivity index (χ1) is 6.24. The molecule has 3 heteroatoms. The molecule has 0 aliphatic heterocycles. The van der Waals surface area contributed by atoms with Crippen LogP contribution in [0.1, 0.15) is 6.42 Å². The number of aliphatic imine (C=N–C) groups is 1. The zero-order chi connectivity index (χ0) is 10.1. The fraction of sp³-hybridized carbons (Fsp3) is 0.100. The van der Waals surface area contributed by atoms with E-state index in [0.29, 0.717) is 18.3 Å². The number of aldehydes is 1. The minimum absolute atomic E-state index is 0.263. The number of hydrogen-bond donors (Lipinski definition) is 0. The lowest BCUT2D eigenvalue weighted by Gasteiger charge is -1.85. The molecule has 0 aromatic heterocycles. The Hall–Kier alpha value is -1.95. The van der Waals surface area contributed by atoms with Gasteiger partial charge in [0.1, 0.15) is 5.70 Å². The van der Waals surface area contributed by atoms with Gasteiger partial charge in [-0.15, -0.1) is 0 Å². The van der Waals surface area contributed by atoms with E-state index < -0.39 is 0 Å². The SMILES string of the molecule is C=N/C(C=O)=C\C=C/CC(=C)C#N. The van der Waals surface area contributed by atoms with Crippen molar-refractivity contribution in [1.82, 2.24) is 0 Å². The zero-order valence-electron chi connectivity index (χ0n) is 7.23. The van der Waals surface area contributed by atoms with E-state index in [-0.39, 0.29) is 5.70 Å². The molecule has 0 saturated carbocycles. The molecular formula is C10H10N2O. The van der Waals surface area contributed by atoms with Crippen LogP contribution >= 0.6 is 0 Å². The molecule has 66 valence electrons. The maximum absolute atomic E-state index is 10.2. The molecule has 0 aromatic carbocycles. The predicted molar refractivity (Wildman–Crippen MR) is 52.2 cm³/mol. The summed E-state index contributed by atoms with van der Waals surface area (Å²) >= 11 is 0. The first kappa shape index (κ1) is 11.1. The van der Waals surface area contributed by atoms with Crippen molar-refractivity contribution in [3.8, 4) is 6.07 Å². The van der Waals surface area contributed by atoms with Crippen molar-refractivity contribution in [2.75, 3.05) is 0 Å². The smallest absolute Gasteiger partial charge is 0.168 e. The molecule has 0 saturated heterocycles. The summed E-state index contributed by atoms with van der Waals surface area (Å²) < 4.78 is 0. The Kier molecular flexibility index (Phi) is 5.73. The molecule has 0 fully saturated rings. The molecule has 0 N–H and O–H groups in total. The van der Waals surface area contributed by atoms with Crippen LogP contribution < -0.4 is 0 Å². The second kappa shape index (κ2) is 6.74. The van der Waals surface area contributed by atoms with Crippen LogP contribution in [0.5, 0.6) is 0 Å². The third kappa shape index (κ3) is 5.33. The summed E-state index contributed by atoms with van der Waals surface area (Å²) in [6.45, 7) is 6.70. The van der Waals surface area contributed by atoms with Crippen LogP contribution in [0.3, 0.4) is 0 Å². The Labute approximate surface area is 77.4 Å². The van der Waals surface area contributed by atoms with E-state index in [4.69, 9.17) is 5.26 Å². The summed E-state index contributed by atoms with van der Waals surface area (Å²) in [5.41, 5.74) is 0.739. The summed E-state index contributed by atoms with van der Waals surface area (Å²) in [5, 5.41) is 8.35. The molecule has 13 heavy (non-hydrogen) atoms. The molecule has 0 aromatic rings. The number of allylic oxidation sites excluding steroid dienone is 5. The van der Waals surface area contributed by atoms with E-state index in [1.165, 1.54) is 6.08 Å². The molecule has 0 radical (unpaired) electrons. The Balaban J connectivity index is 4.08. The molecule has 0 spiro atoms. The van der Waals surface area contributed by atoms with E-state index in [0.717, 1.165) is 0 Å². The van der Waals surface area contributed by atoms with Gasteiger partial charge in [-0.3, -0.25) is 9.79 Å². The topological polar surface area (TPSA) is 53.2 Å². The van der Waals surface area contributed by atoms with Crippen LogP contribution in [0.2, 0.25) is 0 Å². The van der Waals surface area contributed by atoms with Crippen molar-refractivity contribution >= 4 is 13.0 Å². The molecule has 3 nitrogen and oxygen atoms in total. The summed E-state index contributed by atoms with van der Waals surface area (Å²) in [5.74, 6) is 0. The molecule has 0 atom stereocenters. The van der Waals surface area contributed by atoms with E-state index in [1.54, 1.807) is 12.2 Å². The van der Waals surface area contributed by atoms with Crippen molar-refractivity contribution in [2.45, 2.75) is 6.42 Å². The summed E-state index contributed by atoms with van der Waals surface area (Å²) in [4.78, 5) is 13.7. The molecule has 0 bridgehead atoms. The Morgan fingerprint density at radius 1 is 1.62 bits per heavy atom. The van der Waals surface area contributed by atoms with Crippen molar-refractivity contribution in [3.63, 3.8) is 0 Å². The van der Waals surface area contributed by atoms with Gasteiger partial charge in [0.25, 0.3) is 0 Å². The van der Waals surface area contributed by atoms with E-state index >= 15 is 0 Å². The van der Waals surface area contributed by atoms with Crippen LogP contribution in [0, 0.1) is 11.3 Å². The van der Waals surface area contributed by atoms with Gasteiger partial charge in [0.05, 0.1) is 6.07 Å².